The summed E-state index contributed by atoms with van der Waals surface area (Å²) in [7, 11) is 3.24. The van der Waals surface area contributed by atoms with E-state index in [0.717, 1.165) is 0 Å². The molecular weight excluding hydrogens is 224 g/mol. The Hall–Kier alpha value is -0.870. The van der Waals surface area contributed by atoms with E-state index in [2.05, 4.69) is 0 Å². The number of hydrogen-bond acceptors (Lipinski definition) is 4. The Balaban J connectivity index is 2.60. The number of Topliss-reactive ketones (excluding diaryl/α,β-unsaturated/α-hetero) is 1. The summed E-state index contributed by atoms with van der Waals surface area (Å²) < 4.78 is 10.4. The molecule has 4 heteroatoms. The molecule has 0 radical (unpaired) electrons. The summed E-state index contributed by atoms with van der Waals surface area (Å²) in [6.07, 6.45) is 1.20. The second-order valence-electron chi connectivity index (χ2n) is 4.21. The number of ketones is 1. The predicted molar refractivity (Wildman–Crippen MR) is 65.5 cm³/mol. The molecule has 0 aromatic carbocycles. The van der Waals surface area contributed by atoms with Gasteiger partial charge in [0, 0.05) is 13.5 Å². The predicted octanol–water partition coefficient (Wildman–Crippen LogP) is 3.14. The Labute approximate surface area is 100 Å². The van der Waals surface area contributed by atoms with E-state index in [1.807, 2.05) is 25.3 Å². The van der Waals surface area contributed by atoms with Crippen molar-refractivity contribution in [1.82, 2.24) is 0 Å². The molecule has 16 heavy (non-hydrogen) atoms. The molecule has 0 unspecified atom stereocenters. The largest absolute Gasteiger partial charge is 0.495 e. The summed E-state index contributed by atoms with van der Waals surface area (Å²) in [6.45, 7) is 3.96. The lowest BCUT2D eigenvalue weighted by Crippen LogP contribution is -2.23. The van der Waals surface area contributed by atoms with Crippen LogP contribution in [0.4, 0.5) is 0 Å². The van der Waals surface area contributed by atoms with Crippen LogP contribution < -0.4 is 4.74 Å². The van der Waals surface area contributed by atoms with Crippen LogP contribution in [-0.2, 0) is 4.74 Å². The smallest absolute Gasteiger partial charge is 0.176 e. The first-order valence-electron chi connectivity index (χ1n) is 5.20. The van der Waals surface area contributed by atoms with Gasteiger partial charge < -0.3 is 9.47 Å². The minimum absolute atomic E-state index is 0.122. The molecule has 3 nitrogen and oxygen atoms in total. The van der Waals surface area contributed by atoms with Crippen molar-refractivity contribution in [2.45, 2.75) is 32.3 Å². The second-order valence-corrected chi connectivity index (χ2v) is 5.12. The highest BCUT2D eigenvalue weighted by atomic mass is 32.1. The SMILES string of the molecule is COc1ccsc1C(=O)CCC(C)(C)OC. The number of methoxy groups -OCH3 is 2. The summed E-state index contributed by atoms with van der Waals surface area (Å²) in [5.74, 6) is 0.794. The van der Waals surface area contributed by atoms with E-state index in [-0.39, 0.29) is 11.4 Å². The maximum atomic E-state index is 11.9. The van der Waals surface area contributed by atoms with Gasteiger partial charge in [-0.05, 0) is 31.7 Å². The standard InChI is InChI=1S/C12H18O3S/c1-12(2,15-4)7-5-9(13)11-10(14-3)6-8-16-11/h6,8H,5,7H2,1-4H3. The highest BCUT2D eigenvalue weighted by molar-refractivity contribution is 7.12. The third-order valence-corrected chi connectivity index (χ3v) is 3.55. The first kappa shape index (κ1) is 13.2. The summed E-state index contributed by atoms with van der Waals surface area (Å²) >= 11 is 1.43. The number of carbonyl (C=O) groups is 1. The van der Waals surface area contributed by atoms with Crippen LogP contribution in [-0.4, -0.2) is 25.6 Å². The van der Waals surface area contributed by atoms with Gasteiger partial charge >= 0.3 is 0 Å². The highest BCUT2D eigenvalue weighted by Gasteiger charge is 2.20. The summed E-state index contributed by atoms with van der Waals surface area (Å²) in [5, 5.41) is 1.87. The zero-order chi connectivity index (χ0) is 12.2. The van der Waals surface area contributed by atoms with Crippen molar-refractivity contribution in [1.29, 1.82) is 0 Å². The first-order valence-corrected chi connectivity index (χ1v) is 6.08. The van der Waals surface area contributed by atoms with Crippen LogP contribution in [0.1, 0.15) is 36.4 Å². The van der Waals surface area contributed by atoms with E-state index < -0.39 is 0 Å². The average molecular weight is 242 g/mol. The van der Waals surface area contributed by atoms with E-state index in [1.165, 1.54) is 11.3 Å². The first-order chi connectivity index (χ1) is 7.50. The summed E-state index contributed by atoms with van der Waals surface area (Å²) in [4.78, 5) is 12.6. The van der Waals surface area contributed by atoms with Crippen LogP contribution in [0.5, 0.6) is 5.75 Å². The van der Waals surface area contributed by atoms with Crippen molar-refractivity contribution in [2.75, 3.05) is 14.2 Å². The van der Waals surface area contributed by atoms with Crippen LogP contribution in [0.3, 0.4) is 0 Å². The molecule has 0 aliphatic heterocycles. The Morgan fingerprint density at radius 1 is 1.44 bits per heavy atom. The molecular formula is C12H18O3S. The van der Waals surface area contributed by atoms with Crippen molar-refractivity contribution in [3.8, 4) is 5.75 Å². The monoisotopic (exact) mass is 242 g/mol. The van der Waals surface area contributed by atoms with Gasteiger partial charge in [0.1, 0.15) is 10.6 Å². The zero-order valence-electron chi connectivity index (χ0n) is 10.2. The fourth-order valence-corrected chi connectivity index (χ4v) is 2.12. The average Bonchev–Trinajstić information content (AvgIpc) is 2.74. The van der Waals surface area contributed by atoms with Gasteiger partial charge in [0.05, 0.1) is 12.7 Å². The second kappa shape index (κ2) is 5.46. The lowest BCUT2D eigenvalue weighted by atomic mass is 10.0. The number of hydrogen-bond donors (Lipinski definition) is 0. The minimum atomic E-state index is -0.250. The van der Waals surface area contributed by atoms with Gasteiger partial charge in [-0.3, -0.25) is 4.79 Å². The third kappa shape index (κ3) is 3.32. The molecule has 1 heterocycles. The fraction of sp³-hybridized carbons (Fsp3) is 0.583. The fourth-order valence-electron chi connectivity index (χ4n) is 1.29. The Morgan fingerprint density at radius 2 is 2.12 bits per heavy atom. The molecule has 0 saturated carbocycles. The Kier molecular flexibility index (Phi) is 4.50. The molecule has 0 atom stereocenters. The van der Waals surface area contributed by atoms with Gasteiger partial charge in [-0.1, -0.05) is 0 Å². The molecule has 0 aliphatic rings. The molecule has 0 bridgehead atoms. The van der Waals surface area contributed by atoms with Gasteiger partial charge in [0.25, 0.3) is 0 Å². The van der Waals surface area contributed by atoms with E-state index in [4.69, 9.17) is 9.47 Å². The summed E-state index contributed by atoms with van der Waals surface area (Å²) in [5.41, 5.74) is -0.250. The summed E-state index contributed by atoms with van der Waals surface area (Å²) in [6, 6.07) is 1.82. The molecule has 0 amide bonds. The minimum Gasteiger partial charge on any atom is -0.495 e. The number of thiophene rings is 1. The molecule has 1 rings (SSSR count). The van der Waals surface area contributed by atoms with Crippen LogP contribution in [0, 0.1) is 0 Å². The van der Waals surface area contributed by atoms with Crippen LogP contribution in [0.2, 0.25) is 0 Å². The van der Waals surface area contributed by atoms with Crippen molar-refractivity contribution in [3.05, 3.63) is 16.3 Å². The van der Waals surface area contributed by atoms with Gasteiger partial charge in [-0.15, -0.1) is 11.3 Å². The van der Waals surface area contributed by atoms with Crippen molar-refractivity contribution in [3.63, 3.8) is 0 Å². The van der Waals surface area contributed by atoms with Crippen molar-refractivity contribution in [2.24, 2.45) is 0 Å². The molecule has 0 aliphatic carbocycles. The van der Waals surface area contributed by atoms with E-state index in [0.29, 0.717) is 23.5 Å². The molecule has 0 N–H and O–H groups in total. The van der Waals surface area contributed by atoms with Gasteiger partial charge in [0.15, 0.2) is 5.78 Å². The van der Waals surface area contributed by atoms with Gasteiger partial charge in [0.2, 0.25) is 0 Å². The third-order valence-electron chi connectivity index (χ3n) is 2.61. The van der Waals surface area contributed by atoms with E-state index in [9.17, 15) is 4.79 Å². The Morgan fingerprint density at radius 3 is 2.69 bits per heavy atom. The lowest BCUT2D eigenvalue weighted by Gasteiger charge is -2.22. The molecule has 0 fully saturated rings. The van der Waals surface area contributed by atoms with Gasteiger partial charge in [-0.25, -0.2) is 0 Å². The maximum absolute atomic E-state index is 11.9. The number of ether oxygens (including phenoxy) is 2. The highest BCUT2D eigenvalue weighted by Crippen LogP contribution is 2.27. The lowest BCUT2D eigenvalue weighted by molar-refractivity contribution is 0.0142. The van der Waals surface area contributed by atoms with Gasteiger partial charge in [-0.2, -0.15) is 0 Å². The number of carbonyl (C=O) groups excluding carboxylic acids is 1. The maximum Gasteiger partial charge on any atom is 0.176 e. The van der Waals surface area contributed by atoms with E-state index >= 15 is 0 Å². The molecule has 1 aromatic rings. The van der Waals surface area contributed by atoms with E-state index in [1.54, 1.807) is 14.2 Å². The van der Waals surface area contributed by atoms with Crippen molar-refractivity contribution < 1.29 is 14.3 Å². The number of rotatable bonds is 6. The molecule has 1 aromatic heterocycles. The van der Waals surface area contributed by atoms with Crippen LogP contribution in [0.15, 0.2) is 11.4 Å². The molecule has 0 saturated heterocycles. The normalized spacial score (nSPS) is 11.5. The molecule has 0 spiro atoms. The molecule has 90 valence electrons. The van der Waals surface area contributed by atoms with Crippen molar-refractivity contribution >= 4 is 17.1 Å². The van der Waals surface area contributed by atoms with Crippen LogP contribution >= 0.6 is 11.3 Å². The quantitative estimate of drug-likeness (QED) is 0.719. The Bertz CT molecular complexity index is 355. The topological polar surface area (TPSA) is 35.5 Å². The zero-order valence-corrected chi connectivity index (χ0v) is 11.0. The van der Waals surface area contributed by atoms with Crippen LogP contribution in [0.25, 0.3) is 0 Å².